The minimum atomic E-state index is -3.91. The molecule has 2 aliphatic rings. The first kappa shape index (κ1) is 13.2. The second-order valence-corrected chi connectivity index (χ2v) is 7.22. The minimum Gasteiger partial charge on any atom is -0.490 e. The van der Waals surface area contributed by atoms with Crippen molar-refractivity contribution in [3.8, 4) is 11.5 Å². The number of sulfone groups is 1. The molecule has 0 radical (unpaired) electrons. The summed E-state index contributed by atoms with van der Waals surface area (Å²) in [6.45, 7) is 0.957. The Morgan fingerprint density at radius 1 is 1.15 bits per heavy atom. The van der Waals surface area contributed by atoms with Gasteiger partial charge in [0.1, 0.15) is 0 Å². The molecule has 1 aliphatic heterocycles. The molecule has 6 nitrogen and oxygen atoms in total. The van der Waals surface area contributed by atoms with E-state index in [9.17, 15) is 13.2 Å². The fourth-order valence-corrected chi connectivity index (χ4v) is 4.08. The SMILES string of the molecule is O=C(O)C1(S(=O)(=O)c2ccc3c(c2)OCCCO3)CC1. The molecule has 1 heterocycles. The van der Waals surface area contributed by atoms with E-state index in [1.54, 1.807) is 0 Å². The Labute approximate surface area is 116 Å². The van der Waals surface area contributed by atoms with E-state index < -0.39 is 20.6 Å². The van der Waals surface area contributed by atoms with Crippen molar-refractivity contribution in [2.75, 3.05) is 13.2 Å². The van der Waals surface area contributed by atoms with Gasteiger partial charge in [0, 0.05) is 12.5 Å². The molecule has 1 fully saturated rings. The van der Waals surface area contributed by atoms with Gasteiger partial charge in [-0.3, -0.25) is 4.79 Å². The Bertz CT molecular complexity index is 659. The van der Waals surface area contributed by atoms with Crippen LogP contribution in [0.5, 0.6) is 11.5 Å². The summed E-state index contributed by atoms with van der Waals surface area (Å²) in [7, 11) is -3.91. The Kier molecular flexibility index (Phi) is 2.89. The van der Waals surface area contributed by atoms with Crippen LogP contribution in [0.3, 0.4) is 0 Å². The van der Waals surface area contributed by atoms with Crippen molar-refractivity contribution in [1.29, 1.82) is 0 Å². The van der Waals surface area contributed by atoms with E-state index in [4.69, 9.17) is 14.6 Å². The van der Waals surface area contributed by atoms with Gasteiger partial charge in [-0.1, -0.05) is 0 Å². The highest BCUT2D eigenvalue weighted by Crippen LogP contribution is 2.48. The molecule has 108 valence electrons. The molecule has 0 amide bonds. The molecule has 7 heteroatoms. The molecule has 1 N–H and O–H groups in total. The molecule has 0 aromatic heterocycles. The summed E-state index contributed by atoms with van der Waals surface area (Å²) in [5.41, 5.74) is 0. The van der Waals surface area contributed by atoms with Crippen molar-refractivity contribution in [3.05, 3.63) is 18.2 Å². The van der Waals surface area contributed by atoms with Crippen LogP contribution in [-0.4, -0.2) is 37.5 Å². The number of hydrogen-bond donors (Lipinski definition) is 1. The Balaban J connectivity index is 2.03. The van der Waals surface area contributed by atoms with Gasteiger partial charge in [-0.25, -0.2) is 8.42 Å². The number of carboxylic acids is 1. The van der Waals surface area contributed by atoms with Crippen LogP contribution >= 0.6 is 0 Å². The molecule has 1 aromatic carbocycles. The molecule has 0 atom stereocenters. The number of carbonyl (C=O) groups is 1. The Morgan fingerprint density at radius 3 is 2.40 bits per heavy atom. The highest BCUT2D eigenvalue weighted by atomic mass is 32.2. The quantitative estimate of drug-likeness (QED) is 0.903. The lowest BCUT2D eigenvalue weighted by molar-refractivity contribution is -0.137. The number of aliphatic carboxylic acids is 1. The van der Waals surface area contributed by atoms with E-state index in [2.05, 4.69) is 0 Å². The van der Waals surface area contributed by atoms with Gasteiger partial charge in [0.15, 0.2) is 26.1 Å². The number of rotatable bonds is 3. The third-order valence-electron chi connectivity index (χ3n) is 3.64. The largest absolute Gasteiger partial charge is 0.490 e. The molecule has 1 aromatic rings. The molecular weight excluding hydrogens is 284 g/mol. The van der Waals surface area contributed by atoms with Gasteiger partial charge in [-0.2, -0.15) is 0 Å². The topological polar surface area (TPSA) is 89.9 Å². The van der Waals surface area contributed by atoms with Crippen LogP contribution in [-0.2, 0) is 14.6 Å². The van der Waals surface area contributed by atoms with Crippen LogP contribution in [0.15, 0.2) is 23.1 Å². The van der Waals surface area contributed by atoms with Crippen molar-refractivity contribution in [1.82, 2.24) is 0 Å². The highest BCUT2D eigenvalue weighted by Gasteiger charge is 2.61. The van der Waals surface area contributed by atoms with Gasteiger partial charge < -0.3 is 14.6 Å². The van der Waals surface area contributed by atoms with E-state index in [1.165, 1.54) is 18.2 Å². The molecular formula is C13H14O6S. The maximum atomic E-state index is 12.5. The fourth-order valence-electron chi connectivity index (χ4n) is 2.25. The van der Waals surface area contributed by atoms with Crippen molar-refractivity contribution >= 4 is 15.8 Å². The monoisotopic (exact) mass is 298 g/mol. The number of ether oxygens (including phenoxy) is 2. The van der Waals surface area contributed by atoms with E-state index in [1.807, 2.05) is 0 Å². The molecule has 3 rings (SSSR count). The van der Waals surface area contributed by atoms with E-state index in [0.29, 0.717) is 24.7 Å². The molecule has 0 bridgehead atoms. The number of carboxylic acid groups (broad SMARTS) is 1. The predicted octanol–water partition coefficient (Wildman–Crippen LogP) is 1.24. The molecule has 0 spiro atoms. The summed E-state index contributed by atoms with van der Waals surface area (Å²) in [4.78, 5) is 11.2. The highest BCUT2D eigenvalue weighted by molar-refractivity contribution is 7.94. The minimum absolute atomic E-state index is 0.0262. The zero-order valence-corrected chi connectivity index (χ0v) is 11.5. The van der Waals surface area contributed by atoms with Crippen molar-refractivity contribution < 1.29 is 27.8 Å². The Hall–Kier alpha value is -1.76. The third kappa shape index (κ3) is 1.84. The van der Waals surface area contributed by atoms with Gasteiger partial charge in [0.05, 0.1) is 18.1 Å². The standard InChI is InChI=1S/C13H14O6S/c14-12(15)13(4-5-13)20(16,17)9-2-3-10-11(8-9)19-7-1-6-18-10/h2-3,8H,1,4-7H2,(H,14,15). The van der Waals surface area contributed by atoms with Crippen LogP contribution in [0.4, 0.5) is 0 Å². The van der Waals surface area contributed by atoms with Gasteiger partial charge in [0.2, 0.25) is 0 Å². The van der Waals surface area contributed by atoms with Gasteiger partial charge >= 0.3 is 5.97 Å². The van der Waals surface area contributed by atoms with Crippen molar-refractivity contribution in [3.63, 3.8) is 0 Å². The first-order valence-electron chi connectivity index (χ1n) is 6.35. The van der Waals surface area contributed by atoms with Crippen LogP contribution in [0, 0.1) is 0 Å². The van der Waals surface area contributed by atoms with E-state index in [-0.39, 0.29) is 17.7 Å². The summed E-state index contributed by atoms with van der Waals surface area (Å²) in [6, 6.07) is 4.26. The summed E-state index contributed by atoms with van der Waals surface area (Å²) < 4.78 is 34.1. The van der Waals surface area contributed by atoms with Crippen LogP contribution in [0.25, 0.3) is 0 Å². The first-order valence-corrected chi connectivity index (χ1v) is 7.83. The average Bonchev–Trinajstić information content (AvgIpc) is 3.22. The summed E-state index contributed by atoms with van der Waals surface area (Å²) >= 11 is 0. The fraction of sp³-hybridized carbons (Fsp3) is 0.462. The number of hydrogen-bond acceptors (Lipinski definition) is 5. The maximum Gasteiger partial charge on any atom is 0.325 e. The van der Waals surface area contributed by atoms with Crippen molar-refractivity contribution in [2.45, 2.75) is 28.9 Å². The predicted molar refractivity (Wildman–Crippen MR) is 68.8 cm³/mol. The Morgan fingerprint density at radius 2 is 1.80 bits per heavy atom. The molecule has 1 aliphatic carbocycles. The van der Waals surface area contributed by atoms with Crippen LogP contribution < -0.4 is 9.47 Å². The van der Waals surface area contributed by atoms with E-state index >= 15 is 0 Å². The third-order valence-corrected chi connectivity index (χ3v) is 6.12. The summed E-state index contributed by atoms with van der Waals surface area (Å²) in [5, 5.41) is 9.15. The maximum absolute atomic E-state index is 12.5. The second-order valence-electron chi connectivity index (χ2n) is 4.96. The van der Waals surface area contributed by atoms with Gasteiger partial charge in [-0.05, 0) is 25.0 Å². The summed E-state index contributed by atoms with van der Waals surface area (Å²) in [6.07, 6.45) is 1.02. The normalized spacial score (nSPS) is 20.0. The molecule has 0 unspecified atom stereocenters. The molecule has 0 saturated heterocycles. The van der Waals surface area contributed by atoms with Crippen LogP contribution in [0.2, 0.25) is 0 Å². The lowest BCUT2D eigenvalue weighted by atomic mass is 10.3. The van der Waals surface area contributed by atoms with Crippen molar-refractivity contribution in [2.24, 2.45) is 0 Å². The van der Waals surface area contributed by atoms with Crippen LogP contribution in [0.1, 0.15) is 19.3 Å². The molecule has 20 heavy (non-hydrogen) atoms. The number of fused-ring (bicyclic) bond motifs is 1. The molecule has 1 saturated carbocycles. The van der Waals surface area contributed by atoms with Gasteiger partial charge in [-0.15, -0.1) is 0 Å². The summed E-state index contributed by atoms with van der Waals surface area (Å²) in [5.74, 6) is -0.448. The second kappa shape index (κ2) is 4.37. The zero-order chi connectivity index (χ0) is 14.4. The lowest BCUT2D eigenvalue weighted by Gasteiger charge is -2.14. The number of benzene rings is 1. The first-order chi connectivity index (χ1) is 9.47. The lowest BCUT2D eigenvalue weighted by Crippen LogP contribution is -2.32. The average molecular weight is 298 g/mol. The van der Waals surface area contributed by atoms with E-state index in [0.717, 1.165) is 6.42 Å². The van der Waals surface area contributed by atoms with Gasteiger partial charge in [0.25, 0.3) is 0 Å². The zero-order valence-electron chi connectivity index (χ0n) is 10.7. The smallest absolute Gasteiger partial charge is 0.325 e.